The fourth-order valence-electron chi connectivity index (χ4n) is 2.41. The second kappa shape index (κ2) is 7.86. The summed E-state index contributed by atoms with van der Waals surface area (Å²) in [5.41, 5.74) is 0.667. The van der Waals surface area contributed by atoms with E-state index in [0.29, 0.717) is 12.5 Å². The van der Waals surface area contributed by atoms with Crippen LogP contribution in [-0.2, 0) is 4.74 Å². The molecule has 0 spiro atoms. The number of aryl methyl sites for hydroxylation is 2. The number of amides is 1. The summed E-state index contributed by atoms with van der Waals surface area (Å²) in [6.07, 6.45) is -0.374. The van der Waals surface area contributed by atoms with E-state index in [4.69, 9.17) is 9.15 Å². The van der Waals surface area contributed by atoms with E-state index in [2.05, 4.69) is 37.5 Å². The van der Waals surface area contributed by atoms with Crippen LogP contribution >= 0.6 is 0 Å². The second-order valence-electron chi connectivity index (χ2n) is 7.50. The lowest BCUT2D eigenvalue weighted by atomic mass is 10.0. The van der Waals surface area contributed by atoms with Crippen molar-refractivity contribution in [2.75, 3.05) is 6.54 Å². The van der Waals surface area contributed by atoms with Crippen molar-refractivity contribution in [2.45, 2.75) is 73.1 Å². The average Bonchev–Trinajstić information content (AvgIpc) is 2.70. The van der Waals surface area contributed by atoms with Crippen molar-refractivity contribution in [1.29, 1.82) is 0 Å². The number of nitrogens with one attached hydrogen (secondary N) is 2. The largest absolute Gasteiger partial charge is 0.466 e. The van der Waals surface area contributed by atoms with Crippen molar-refractivity contribution >= 4 is 6.09 Å². The highest BCUT2D eigenvalue weighted by Gasteiger charge is 2.22. The van der Waals surface area contributed by atoms with Crippen LogP contribution in [0.3, 0.4) is 0 Å². The van der Waals surface area contributed by atoms with Gasteiger partial charge in [-0.3, -0.25) is 0 Å². The molecule has 0 aliphatic heterocycles. The van der Waals surface area contributed by atoms with Gasteiger partial charge in [0.1, 0.15) is 17.1 Å². The number of hydrogen-bond acceptors (Lipinski definition) is 4. The summed E-state index contributed by atoms with van der Waals surface area (Å²) in [5, 5.41) is 6.42. The molecule has 5 nitrogen and oxygen atoms in total. The summed E-state index contributed by atoms with van der Waals surface area (Å²) in [6.45, 7) is 16.4. The first-order chi connectivity index (χ1) is 10.5. The molecular formula is C18H32N2O3. The molecule has 0 aliphatic carbocycles. The lowest BCUT2D eigenvalue weighted by molar-refractivity contribution is 0.0489. The molecule has 1 aromatic heterocycles. The Labute approximate surface area is 140 Å². The first-order valence-corrected chi connectivity index (χ1v) is 8.29. The molecule has 0 aromatic carbocycles. The minimum atomic E-state index is -0.488. The van der Waals surface area contributed by atoms with Crippen molar-refractivity contribution < 1.29 is 13.9 Å². The summed E-state index contributed by atoms with van der Waals surface area (Å²) in [4.78, 5) is 12.0. The minimum Gasteiger partial charge on any atom is -0.466 e. The summed E-state index contributed by atoms with van der Waals surface area (Å²) >= 11 is 0. The molecule has 2 N–H and O–H groups in total. The third-order valence-electron chi connectivity index (χ3n) is 3.70. The van der Waals surface area contributed by atoms with Crippen molar-refractivity contribution in [3.63, 3.8) is 0 Å². The van der Waals surface area contributed by atoms with Crippen molar-refractivity contribution in [3.8, 4) is 0 Å². The normalized spacial score (nSPS) is 14.7. The monoisotopic (exact) mass is 324 g/mol. The van der Waals surface area contributed by atoms with Crippen LogP contribution in [0.4, 0.5) is 4.79 Å². The molecule has 1 heterocycles. The maximum absolute atomic E-state index is 12.0. The van der Waals surface area contributed by atoms with Crippen molar-refractivity contribution in [3.05, 3.63) is 23.2 Å². The van der Waals surface area contributed by atoms with Gasteiger partial charge in [-0.2, -0.15) is 0 Å². The zero-order valence-electron chi connectivity index (χ0n) is 15.7. The molecule has 2 atom stereocenters. The number of furan rings is 1. The van der Waals surface area contributed by atoms with E-state index in [1.807, 2.05) is 34.6 Å². The van der Waals surface area contributed by atoms with Crippen LogP contribution in [0.15, 0.2) is 10.5 Å². The quantitative estimate of drug-likeness (QED) is 0.827. The SMILES string of the molecule is Cc1cc(C(C)NCC(NC(=O)OC(C)(C)C)C(C)C)c(C)o1. The summed E-state index contributed by atoms with van der Waals surface area (Å²) < 4.78 is 10.9. The van der Waals surface area contributed by atoms with Gasteiger partial charge in [-0.05, 0) is 53.5 Å². The molecule has 0 saturated carbocycles. The van der Waals surface area contributed by atoms with Gasteiger partial charge in [0, 0.05) is 24.2 Å². The highest BCUT2D eigenvalue weighted by Crippen LogP contribution is 2.21. The van der Waals surface area contributed by atoms with Gasteiger partial charge >= 0.3 is 6.09 Å². The Kier molecular flexibility index (Phi) is 6.69. The number of alkyl carbamates (subject to hydrolysis) is 1. The summed E-state index contributed by atoms with van der Waals surface area (Å²) in [6, 6.07) is 2.22. The average molecular weight is 324 g/mol. The Morgan fingerprint density at radius 2 is 1.87 bits per heavy atom. The molecular weight excluding hydrogens is 292 g/mol. The van der Waals surface area contributed by atoms with Crippen LogP contribution in [0.5, 0.6) is 0 Å². The predicted octanol–water partition coefficient (Wildman–Crippen LogP) is 4.10. The fourth-order valence-corrected chi connectivity index (χ4v) is 2.41. The Hall–Kier alpha value is -1.49. The Morgan fingerprint density at radius 3 is 2.30 bits per heavy atom. The molecule has 1 aromatic rings. The summed E-state index contributed by atoms with van der Waals surface area (Å²) in [7, 11) is 0. The van der Waals surface area contributed by atoms with E-state index in [-0.39, 0.29) is 18.2 Å². The molecule has 1 amide bonds. The third kappa shape index (κ3) is 6.65. The Morgan fingerprint density at radius 1 is 1.26 bits per heavy atom. The van der Waals surface area contributed by atoms with Gasteiger partial charge < -0.3 is 19.8 Å². The Balaban J connectivity index is 2.59. The zero-order chi connectivity index (χ0) is 17.8. The topological polar surface area (TPSA) is 63.5 Å². The molecule has 1 rings (SSSR count). The zero-order valence-corrected chi connectivity index (χ0v) is 15.7. The van der Waals surface area contributed by atoms with Crippen LogP contribution in [0.2, 0.25) is 0 Å². The van der Waals surface area contributed by atoms with Crippen LogP contribution in [0.1, 0.15) is 64.7 Å². The standard InChI is InChI=1S/C18H32N2O3/c1-11(2)16(20-17(21)23-18(6,7)8)10-19-13(4)15-9-12(3)22-14(15)5/h9,11,13,16,19H,10H2,1-8H3,(H,20,21). The minimum absolute atomic E-state index is 0.000559. The number of carbonyl (C=O) groups is 1. The Bertz CT molecular complexity index is 515. The third-order valence-corrected chi connectivity index (χ3v) is 3.70. The van der Waals surface area contributed by atoms with E-state index in [1.165, 1.54) is 0 Å². The van der Waals surface area contributed by atoms with Crippen LogP contribution in [0, 0.1) is 19.8 Å². The number of rotatable bonds is 6. The maximum atomic E-state index is 12.0. The van der Waals surface area contributed by atoms with Crippen LogP contribution < -0.4 is 10.6 Å². The van der Waals surface area contributed by atoms with E-state index < -0.39 is 5.60 Å². The highest BCUT2D eigenvalue weighted by atomic mass is 16.6. The van der Waals surface area contributed by atoms with E-state index >= 15 is 0 Å². The van der Waals surface area contributed by atoms with Gasteiger partial charge in [0.2, 0.25) is 0 Å². The molecule has 0 fully saturated rings. The molecule has 0 saturated heterocycles. The van der Waals surface area contributed by atoms with Crippen molar-refractivity contribution in [2.24, 2.45) is 5.92 Å². The molecule has 0 aliphatic rings. The lowest BCUT2D eigenvalue weighted by Gasteiger charge is -2.27. The molecule has 0 bridgehead atoms. The first kappa shape index (κ1) is 19.6. The van der Waals surface area contributed by atoms with Crippen LogP contribution in [0.25, 0.3) is 0 Å². The van der Waals surface area contributed by atoms with Gasteiger partial charge in [-0.15, -0.1) is 0 Å². The van der Waals surface area contributed by atoms with E-state index in [0.717, 1.165) is 17.1 Å². The van der Waals surface area contributed by atoms with Crippen molar-refractivity contribution in [1.82, 2.24) is 10.6 Å². The highest BCUT2D eigenvalue weighted by molar-refractivity contribution is 5.68. The van der Waals surface area contributed by atoms with E-state index in [9.17, 15) is 4.79 Å². The molecule has 0 radical (unpaired) electrons. The van der Waals surface area contributed by atoms with E-state index in [1.54, 1.807) is 0 Å². The number of carbonyl (C=O) groups excluding carboxylic acids is 1. The van der Waals surface area contributed by atoms with Gasteiger partial charge in [-0.1, -0.05) is 13.8 Å². The molecule has 2 unspecified atom stereocenters. The van der Waals surface area contributed by atoms with Crippen LogP contribution in [-0.4, -0.2) is 24.3 Å². The van der Waals surface area contributed by atoms with Gasteiger partial charge in [0.05, 0.1) is 0 Å². The molecule has 132 valence electrons. The smallest absolute Gasteiger partial charge is 0.407 e. The molecule has 23 heavy (non-hydrogen) atoms. The predicted molar refractivity (Wildman–Crippen MR) is 92.6 cm³/mol. The fraction of sp³-hybridized carbons (Fsp3) is 0.722. The van der Waals surface area contributed by atoms with Gasteiger partial charge in [0.15, 0.2) is 0 Å². The molecule has 5 heteroatoms. The van der Waals surface area contributed by atoms with Gasteiger partial charge in [0.25, 0.3) is 0 Å². The second-order valence-corrected chi connectivity index (χ2v) is 7.50. The maximum Gasteiger partial charge on any atom is 0.407 e. The number of ether oxygens (including phenoxy) is 1. The number of hydrogen-bond donors (Lipinski definition) is 2. The first-order valence-electron chi connectivity index (χ1n) is 8.29. The lowest BCUT2D eigenvalue weighted by Crippen LogP contribution is -2.47. The van der Waals surface area contributed by atoms with Gasteiger partial charge in [-0.25, -0.2) is 4.79 Å². The summed E-state index contributed by atoms with van der Waals surface area (Å²) in [5.74, 6) is 2.15.